The smallest absolute Gasteiger partial charge is 0.242 e. The minimum absolute atomic E-state index is 0.0752. The molecule has 2 heterocycles. The zero-order chi connectivity index (χ0) is 20.4. The minimum Gasteiger partial charge on any atom is -0.391 e. The van der Waals surface area contributed by atoms with Gasteiger partial charge in [0.15, 0.2) is 0 Å². The van der Waals surface area contributed by atoms with Gasteiger partial charge in [-0.25, -0.2) is 0 Å². The molecular weight excluding hydrogens is 362 g/mol. The van der Waals surface area contributed by atoms with Crippen molar-refractivity contribution in [1.82, 2.24) is 9.80 Å². The molecule has 2 aromatic rings. The number of carbonyl (C=O) groups excluding carboxylic acids is 1. The third-order valence-corrected chi connectivity index (χ3v) is 6.24. The van der Waals surface area contributed by atoms with Gasteiger partial charge in [0.1, 0.15) is 6.04 Å². The van der Waals surface area contributed by atoms with Crippen LogP contribution in [-0.4, -0.2) is 65.7 Å². The number of hydrogen-bond donors (Lipinski definition) is 1. The molecule has 0 aromatic heterocycles. The molecule has 5 heteroatoms. The first-order chi connectivity index (χ1) is 14.0. The Labute approximate surface area is 173 Å². The SMILES string of the molecule is Cc1ccc(N2CCN(C(=O)[C@@H]3[C@@H](O)CCN3Cc3ccccc3)CC2)c(C)c1. The fourth-order valence-electron chi connectivity index (χ4n) is 4.67. The Morgan fingerprint density at radius 1 is 1.00 bits per heavy atom. The summed E-state index contributed by atoms with van der Waals surface area (Å²) in [6.07, 6.45) is 0.0785. The van der Waals surface area contributed by atoms with E-state index in [1.807, 2.05) is 23.1 Å². The number of carbonyl (C=O) groups is 1. The van der Waals surface area contributed by atoms with Crippen LogP contribution in [0.15, 0.2) is 48.5 Å². The topological polar surface area (TPSA) is 47.0 Å². The second-order valence-electron chi connectivity index (χ2n) is 8.36. The highest BCUT2D eigenvalue weighted by molar-refractivity contribution is 5.83. The Morgan fingerprint density at radius 2 is 1.72 bits per heavy atom. The second-order valence-corrected chi connectivity index (χ2v) is 8.36. The number of aliphatic hydroxyl groups excluding tert-OH is 1. The van der Waals surface area contributed by atoms with Gasteiger partial charge in [0.05, 0.1) is 6.10 Å². The lowest BCUT2D eigenvalue weighted by Gasteiger charge is -2.39. The Hall–Kier alpha value is -2.37. The molecule has 2 saturated heterocycles. The molecule has 2 aromatic carbocycles. The molecular formula is C24H31N3O2. The summed E-state index contributed by atoms with van der Waals surface area (Å²) in [7, 11) is 0. The van der Waals surface area contributed by atoms with Crippen LogP contribution in [0.2, 0.25) is 0 Å². The van der Waals surface area contributed by atoms with Gasteiger partial charge < -0.3 is 14.9 Å². The number of benzene rings is 2. The number of hydrogen-bond acceptors (Lipinski definition) is 4. The molecule has 0 saturated carbocycles. The van der Waals surface area contributed by atoms with E-state index in [9.17, 15) is 9.90 Å². The normalized spacial score (nSPS) is 22.9. The van der Waals surface area contributed by atoms with Gasteiger partial charge in [-0.1, -0.05) is 48.0 Å². The van der Waals surface area contributed by atoms with Crippen molar-refractivity contribution in [3.63, 3.8) is 0 Å². The molecule has 5 nitrogen and oxygen atoms in total. The molecule has 1 amide bonds. The Bertz CT molecular complexity index is 846. The van der Waals surface area contributed by atoms with Gasteiger partial charge in [0.2, 0.25) is 5.91 Å². The largest absolute Gasteiger partial charge is 0.391 e. The second kappa shape index (κ2) is 8.56. The number of likely N-dealkylation sites (tertiary alicyclic amines) is 1. The fraction of sp³-hybridized carbons (Fsp3) is 0.458. The first kappa shape index (κ1) is 19.9. The van der Waals surface area contributed by atoms with Crippen LogP contribution in [0.4, 0.5) is 5.69 Å². The van der Waals surface area contributed by atoms with Crippen LogP contribution in [0.3, 0.4) is 0 Å². The molecule has 2 aliphatic heterocycles. The van der Waals surface area contributed by atoms with Crippen molar-refractivity contribution < 1.29 is 9.90 Å². The molecule has 0 aliphatic carbocycles. The number of piperazine rings is 1. The van der Waals surface area contributed by atoms with Crippen LogP contribution in [0.1, 0.15) is 23.1 Å². The van der Waals surface area contributed by atoms with Crippen LogP contribution in [0.5, 0.6) is 0 Å². The lowest BCUT2D eigenvalue weighted by Crippen LogP contribution is -2.55. The van der Waals surface area contributed by atoms with E-state index in [0.29, 0.717) is 26.1 Å². The monoisotopic (exact) mass is 393 g/mol. The van der Waals surface area contributed by atoms with E-state index in [4.69, 9.17) is 0 Å². The van der Waals surface area contributed by atoms with Crippen LogP contribution in [-0.2, 0) is 11.3 Å². The van der Waals surface area contributed by atoms with Crippen molar-refractivity contribution in [2.24, 2.45) is 0 Å². The Kier molecular flexibility index (Phi) is 5.88. The van der Waals surface area contributed by atoms with E-state index < -0.39 is 12.1 Å². The highest BCUT2D eigenvalue weighted by Gasteiger charge is 2.41. The molecule has 2 fully saturated rings. The van der Waals surface area contributed by atoms with Gasteiger partial charge in [0.25, 0.3) is 0 Å². The number of aliphatic hydroxyl groups is 1. The van der Waals surface area contributed by atoms with Crippen molar-refractivity contribution in [3.8, 4) is 0 Å². The summed E-state index contributed by atoms with van der Waals surface area (Å²) in [6.45, 7) is 8.79. The van der Waals surface area contributed by atoms with E-state index in [1.54, 1.807) is 0 Å². The maximum atomic E-state index is 13.3. The standard InChI is InChI=1S/C24H31N3O2/c1-18-8-9-21(19(2)16-18)25-12-14-26(15-13-25)24(29)23-22(28)10-11-27(23)17-20-6-4-3-5-7-20/h3-9,16,22-23,28H,10-15,17H2,1-2H3/t22-,23-/m0/s1. The van der Waals surface area contributed by atoms with Gasteiger partial charge in [-0.3, -0.25) is 9.69 Å². The zero-order valence-electron chi connectivity index (χ0n) is 17.4. The van der Waals surface area contributed by atoms with Gasteiger partial charge in [0, 0.05) is 45.0 Å². The molecule has 0 radical (unpaired) electrons. The maximum absolute atomic E-state index is 13.3. The van der Waals surface area contributed by atoms with Gasteiger partial charge in [-0.2, -0.15) is 0 Å². The molecule has 0 spiro atoms. The lowest BCUT2D eigenvalue weighted by atomic mass is 10.1. The summed E-state index contributed by atoms with van der Waals surface area (Å²) < 4.78 is 0. The van der Waals surface area contributed by atoms with E-state index in [2.05, 4.69) is 54.0 Å². The summed E-state index contributed by atoms with van der Waals surface area (Å²) in [5.74, 6) is 0.0752. The van der Waals surface area contributed by atoms with Crippen LogP contribution in [0.25, 0.3) is 0 Å². The number of aryl methyl sites for hydroxylation is 2. The Balaban J connectivity index is 1.40. The summed E-state index contributed by atoms with van der Waals surface area (Å²) in [5, 5.41) is 10.5. The van der Waals surface area contributed by atoms with Crippen LogP contribution < -0.4 is 4.90 Å². The first-order valence-electron chi connectivity index (χ1n) is 10.6. The van der Waals surface area contributed by atoms with Crippen molar-refractivity contribution in [2.75, 3.05) is 37.6 Å². The number of amides is 1. The molecule has 1 N–H and O–H groups in total. The zero-order valence-corrected chi connectivity index (χ0v) is 17.4. The van der Waals surface area contributed by atoms with E-state index in [0.717, 1.165) is 19.6 Å². The number of anilines is 1. The summed E-state index contributed by atoms with van der Waals surface area (Å²) in [4.78, 5) is 19.7. The summed E-state index contributed by atoms with van der Waals surface area (Å²) in [5.41, 5.74) is 4.99. The van der Waals surface area contributed by atoms with Gasteiger partial charge in [-0.05, 0) is 37.5 Å². The van der Waals surface area contributed by atoms with E-state index in [-0.39, 0.29) is 5.91 Å². The average molecular weight is 394 g/mol. The highest BCUT2D eigenvalue weighted by Crippen LogP contribution is 2.25. The third kappa shape index (κ3) is 4.31. The predicted molar refractivity (Wildman–Crippen MR) is 116 cm³/mol. The quantitative estimate of drug-likeness (QED) is 0.867. The number of rotatable bonds is 4. The lowest BCUT2D eigenvalue weighted by molar-refractivity contribution is -0.139. The predicted octanol–water partition coefficient (Wildman–Crippen LogP) is 2.59. The first-order valence-corrected chi connectivity index (χ1v) is 10.6. The van der Waals surface area contributed by atoms with Crippen molar-refractivity contribution in [1.29, 1.82) is 0 Å². The van der Waals surface area contributed by atoms with Gasteiger partial charge >= 0.3 is 0 Å². The summed E-state index contributed by atoms with van der Waals surface area (Å²) in [6, 6.07) is 16.3. The number of nitrogens with zero attached hydrogens (tertiary/aromatic N) is 3. The fourth-order valence-corrected chi connectivity index (χ4v) is 4.67. The van der Waals surface area contributed by atoms with E-state index in [1.165, 1.54) is 22.4 Å². The molecule has 2 aliphatic rings. The average Bonchev–Trinajstić information content (AvgIpc) is 3.08. The summed E-state index contributed by atoms with van der Waals surface area (Å²) >= 11 is 0. The third-order valence-electron chi connectivity index (χ3n) is 6.24. The molecule has 4 rings (SSSR count). The minimum atomic E-state index is -0.580. The van der Waals surface area contributed by atoms with Crippen molar-refractivity contribution in [2.45, 2.75) is 39.0 Å². The van der Waals surface area contributed by atoms with Crippen LogP contribution in [0, 0.1) is 13.8 Å². The van der Waals surface area contributed by atoms with Gasteiger partial charge in [-0.15, -0.1) is 0 Å². The molecule has 0 unspecified atom stereocenters. The highest BCUT2D eigenvalue weighted by atomic mass is 16.3. The molecule has 2 atom stereocenters. The van der Waals surface area contributed by atoms with Crippen LogP contribution >= 0.6 is 0 Å². The molecule has 154 valence electrons. The van der Waals surface area contributed by atoms with E-state index >= 15 is 0 Å². The maximum Gasteiger partial charge on any atom is 0.242 e. The Morgan fingerprint density at radius 3 is 2.41 bits per heavy atom. The molecule has 0 bridgehead atoms. The van der Waals surface area contributed by atoms with Crippen molar-refractivity contribution in [3.05, 3.63) is 65.2 Å². The molecule has 29 heavy (non-hydrogen) atoms. The van der Waals surface area contributed by atoms with Crippen molar-refractivity contribution >= 4 is 11.6 Å².